The van der Waals surface area contributed by atoms with Crippen molar-refractivity contribution in [2.75, 3.05) is 26.0 Å². The normalized spacial score (nSPS) is 17.7. The van der Waals surface area contributed by atoms with Gasteiger partial charge in [-0.05, 0) is 18.4 Å². The average Bonchev–Trinajstić information content (AvgIpc) is 3.27. The zero-order valence-electron chi connectivity index (χ0n) is 15.6. The van der Waals surface area contributed by atoms with Crippen molar-refractivity contribution in [2.24, 2.45) is 0 Å². The molecule has 2 aromatic rings. The van der Waals surface area contributed by atoms with E-state index >= 15 is 0 Å². The standard InChI is InChI=1S/C19H27N3O4S/c1-27(24,25)19-20-12-17(22(19)15-18-8-5-11-26-18)14-21(9-10-23)13-16-6-3-2-4-7-16/h2-4,6-7,12,18,23H,5,8-11,13-15H2,1H3/t18-/m0/s1. The quantitative estimate of drug-likeness (QED) is 0.694. The van der Waals surface area contributed by atoms with Gasteiger partial charge in [-0.2, -0.15) is 0 Å². The van der Waals surface area contributed by atoms with E-state index in [4.69, 9.17) is 4.74 Å². The molecule has 8 heteroatoms. The highest BCUT2D eigenvalue weighted by atomic mass is 32.2. The van der Waals surface area contributed by atoms with Gasteiger partial charge in [0.25, 0.3) is 0 Å². The minimum absolute atomic E-state index is 0.0128. The summed E-state index contributed by atoms with van der Waals surface area (Å²) in [4.78, 5) is 6.27. The second-order valence-electron chi connectivity index (χ2n) is 6.97. The maximum atomic E-state index is 12.2. The van der Waals surface area contributed by atoms with Gasteiger partial charge in [-0.1, -0.05) is 30.3 Å². The van der Waals surface area contributed by atoms with E-state index in [1.54, 1.807) is 10.8 Å². The number of imidazole rings is 1. The molecule has 0 amide bonds. The number of nitrogens with zero attached hydrogens (tertiary/aromatic N) is 3. The summed E-state index contributed by atoms with van der Waals surface area (Å²) in [5, 5.41) is 9.53. The lowest BCUT2D eigenvalue weighted by Gasteiger charge is -2.23. The molecule has 1 N–H and O–H groups in total. The number of rotatable bonds is 9. The maximum absolute atomic E-state index is 12.2. The first-order valence-corrected chi connectivity index (χ1v) is 11.1. The van der Waals surface area contributed by atoms with Crippen molar-refractivity contribution in [1.29, 1.82) is 0 Å². The molecule has 1 aromatic heterocycles. The Labute approximate surface area is 160 Å². The van der Waals surface area contributed by atoms with Crippen LogP contribution >= 0.6 is 0 Å². The van der Waals surface area contributed by atoms with Crippen LogP contribution in [0.3, 0.4) is 0 Å². The number of sulfone groups is 1. The molecule has 0 radical (unpaired) electrons. The lowest BCUT2D eigenvalue weighted by molar-refractivity contribution is 0.0928. The maximum Gasteiger partial charge on any atom is 0.227 e. The topological polar surface area (TPSA) is 84.7 Å². The summed E-state index contributed by atoms with van der Waals surface area (Å²) in [6, 6.07) is 10.0. The molecule has 1 atom stereocenters. The minimum Gasteiger partial charge on any atom is -0.395 e. The van der Waals surface area contributed by atoms with Crippen LogP contribution in [0, 0.1) is 0 Å². The second-order valence-corrected chi connectivity index (χ2v) is 8.88. The number of hydrogen-bond donors (Lipinski definition) is 1. The highest BCUT2D eigenvalue weighted by Crippen LogP contribution is 2.20. The predicted octanol–water partition coefficient (Wildman–Crippen LogP) is 1.46. The van der Waals surface area contributed by atoms with Crippen LogP contribution in [-0.4, -0.2) is 60.1 Å². The molecule has 3 rings (SSSR count). The van der Waals surface area contributed by atoms with Crippen LogP contribution in [0.4, 0.5) is 0 Å². The Morgan fingerprint density at radius 3 is 2.70 bits per heavy atom. The summed E-state index contributed by atoms with van der Waals surface area (Å²) >= 11 is 0. The van der Waals surface area contributed by atoms with Crippen molar-refractivity contribution < 1.29 is 18.3 Å². The predicted molar refractivity (Wildman–Crippen MR) is 102 cm³/mol. The van der Waals surface area contributed by atoms with Crippen molar-refractivity contribution in [2.45, 2.75) is 43.7 Å². The fraction of sp³-hybridized carbons (Fsp3) is 0.526. The molecule has 1 fully saturated rings. The molecule has 0 unspecified atom stereocenters. The third-order valence-electron chi connectivity index (χ3n) is 4.69. The summed E-state index contributed by atoms with van der Waals surface area (Å²) in [6.45, 7) is 2.90. The van der Waals surface area contributed by atoms with Crippen LogP contribution in [0.25, 0.3) is 0 Å². The number of aliphatic hydroxyl groups excluding tert-OH is 1. The van der Waals surface area contributed by atoms with Gasteiger partial charge >= 0.3 is 0 Å². The fourth-order valence-corrected chi connectivity index (χ4v) is 4.26. The molecule has 148 valence electrons. The van der Waals surface area contributed by atoms with E-state index in [1.165, 1.54) is 6.26 Å². The van der Waals surface area contributed by atoms with Crippen LogP contribution < -0.4 is 0 Å². The van der Waals surface area contributed by atoms with E-state index < -0.39 is 9.84 Å². The zero-order chi connectivity index (χ0) is 19.3. The molecular weight excluding hydrogens is 366 g/mol. The number of ether oxygens (including phenoxy) is 1. The first-order valence-electron chi connectivity index (χ1n) is 9.20. The highest BCUT2D eigenvalue weighted by Gasteiger charge is 2.24. The third-order valence-corrected chi connectivity index (χ3v) is 5.68. The van der Waals surface area contributed by atoms with Crippen molar-refractivity contribution >= 4 is 9.84 Å². The smallest absolute Gasteiger partial charge is 0.227 e. The number of hydrogen-bond acceptors (Lipinski definition) is 6. The van der Waals surface area contributed by atoms with Crippen molar-refractivity contribution in [3.05, 3.63) is 47.8 Å². The van der Waals surface area contributed by atoms with E-state index in [2.05, 4.69) is 9.88 Å². The minimum atomic E-state index is -3.43. The lowest BCUT2D eigenvalue weighted by Crippen LogP contribution is -2.28. The van der Waals surface area contributed by atoms with Crippen LogP contribution in [0.1, 0.15) is 24.1 Å². The van der Waals surface area contributed by atoms with Crippen LogP contribution in [0.15, 0.2) is 41.7 Å². The molecule has 0 bridgehead atoms. The highest BCUT2D eigenvalue weighted by molar-refractivity contribution is 7.90. The van der Waals surface area contributed by atoms with E-state index in [0.29, 0.717) is 32.8 Å². The van der Waals surface area contributed by atoms with Crippen molar-refractivity contribution in [1.82, 2.24) is 14.5 Å². The van der Waals surface area contributed by atoms with Gasteiger partial charge in [0.2, 0.25) is 15.0 Å². The number of aliphatic hydroxyl groups is 1. The third kappa shape index (κ3) is 5.38. The molecule has 0 aliphatic carbocycles. The van der Waals surface area contributed by atoms with Gasteiger partial charge in [-0.15, -0.1) is 0 Å². The van der Waals surface area contributed by atoms with Gasteiger partial charge in [-0.25, -0.2) is 13.4 Å². The summed E-state index contributed by atoms with van der Waals surface area (Å²) < 4.78 is 31.8. The van der Waals surface area contributed by atoms with Crippen LogP contribution in [0.5, 0.6) is 0 Å². The SMILES string of the molecule is CS(=O)(=O)c1ncc(CN(CCO)Cc2ccccc2)n1C[C@@H]1CCCO1. The van der Waals surface area contributed by atoms with Crippen LogP contribution in [0.2, 0.25) is 0 Å². The van der Waals surface area contributed by atoms with Crippen LogP contribution in [-0.2, 0) is 34.2 Å². The monoisotopic (exact) mass is 393 g/mol. The molecule has 1 aliphatic heterocycles. The largest absolute Gasteiger partial charge is 0.395 e. The van der Waals surface area contributed by atoms with E-state index in [0.717, 1.165) is 24.1 Å². The Balaban J connectivity index is 1.83. The Morgan fingerprint density at radius 1 is 1.30 bits per heavy atom. The molecule has 0 saturated carbocycles. The summed E-state index contributed by atoms with van der Waals surface area (Å²) in [5.74, 6) is 0. The number of aromatic nitrogens is 2. The van der Waals surface area contributed by atoms with Gasteiger partial charge < -0.3 is 14.4 Å². The van der Waals surface area contributed by atoms with Gasteiger partial charge in [0.05, 0.1) is 31.1 Å². The lowest BCUT2D eigenvalue weighted by atomic mass is 10.2. The van der Waals surface area contributed by atoms with E-state index in [-0.39, 0.29) is 17.9 Å². The van der Waals surface area contributed by atoms with Gasteiger partial charge in [0, 0.05) is 32.5 Å². The van der Waals surface area contributed by atoms with Crippen molar-refractivity contribution in [3.63, 3.8) is 0 Å². The Morgan fingerprint density at radius 2 is 2.07 bits per heavy atom. The van der Waals surface area contributed by atoms with Crippen molar-refractivity contribution in [3.8, 4) is 0 Å². The summed E-state index contributed by atoms with van der Waals surface area (Å²) in [7, 11) is -3.43. The van der Waals surface area contributed by atoms with E-state index in [9.17, 15) is 13.5 Å². The summed E-state index contributed by atoms with van der Waals surface area (Å²) in [5.41, 5.74) is 1.95. The molecule has 1 saturated heterocycles. The summed E-state index contributed by atoms with van der Waals surface area (Å²) in [6.07, 6.45) is 4.74. The molecule has 0 spiro atoms. The first kappa shape index (κ1) is 20.0. The molecule has 1 aliphatic rings. The average molecular weight is 394 g/mol. The van der Waals surface area contributed by atoms with Gasteiger partial charge in [-0.3, -0.25) is 4.90 Å². The zero-order valence-corrected chi connectivity index (χ0v) is 16.4. The number of benzene rings is 1. The fourth-order valence-electron chi connectivity index (χ4n) is 3.43. The van der Waals surface area contributed by atoms with E-state index in [1.807, 2.05) is 30.3 Å². The van der Waals surface area contributed by atoms with Gasteiger partial charge in [0.1, 0.15) is 0 Å². The molecule has 2 heterocycles. The second kappa shape index (κ2) is 8.97. The molecular formula is C19H27N3O4S. The molecule has 27 heavy (non-hydrogen) atoms. The Kier molecular flexibility index (Phi) is 6.64. The first-order chi connectivity index (χ1) is 13.0. The van der Waals surface area contributed by atoms with Gasteiger partial charge in [0.15, 0.2) is 0 Å². The Bertz CT molecular complexity index is 830. The molecule has 7 nitrogen and oxygen atoms in total. The molecule has 1 aromatic carbocycles. The Hall–Kier alpha value is -1.74.